The van der Waals surface area contributed by atoms with Gasteiger partial charge in [-0.25, -0.2) is 13.1 Å². The molecule has 10 heteroatoms. The second kappa shape index (κ2) is 11.9. The van der Waals surface area contributed by atoms with Gasteiger partial charge in [-0.15, -0.1) is 35.3 Å². The quantitative estimate of drug-likeness (QED) is 0.199. The molecule has 0 spiro atoms. The smallest absolute Gasteiger partial charge is 0.250 e. The first-order valence-electron chi connectivity index (χ1n) is 9.85. The van der Waals surface area contributed by atoms with Gasteiger partial charge in [0, 0.05) is 38.9 Å². The summed E-state index contributed by atoms with van der Waals surface area (Å²) in [6.45, 7) is 5.05. The van der Waals surface area contributed by atoms with Crippen LogP contribution in [0.4, 0.5) is 5.69 Å². The van der Waals surface area contributed by atoms with Crippen LogP contribution in [0, 0.1) is 0 Å². The van der Waals surface area contributed by atoms with Crippen LogP contribution in [0.25, 0.3) is 0 Å². The van der Waals surface area contributed by atoms with Crippen molar-refractivity contribution < 1.29 is 8.42 Å². The fourth-order valence-electron chi connectivity index (χ4n) is 3.30. The van der Waals surface area contributed by atoms with Crippen molar-refractivity contribution in [2.45, 2.75) is 30.0 Å². The highest BCUT2D eigenvalue weighted by atomic mass is 127. The predicted octanol–water partition coefficient (Wildman–Crippen LogP) is 3.17. The number of nitrogens with one attached hydrogen (secondary N) is 3. The maximum absolute atomic E-state index is 12.1. The Labute approximate surface area is 200 Å². The summed E-state index contributed by atoms with van der Waals surface area (Å²) in [5.41, 5.74) is 2.45. The van der Waals surface area contributed by atoms with E-state index in [0.29, 0.717) is 16.7 Å². The topological polar surface area (TPSA) is 85.8 Å². The van der Waals surface area contributed by atoms with Crippen LogP contribution in [0.3, 0.4) is 0 Å². The fraction of sp³-hybridized carbons (Fsp3) is 0.450. The third-order valence-corrected chi connectivity index (χ3v) is 7.75. The summed E-state index contributed by atoms with van der Waals surface area (Å²) in [4.78, 5) is 6.67. The van der Waals surface area contributed by atoms with E-state index in [0.717, 1.165) is 13.1 Å². The maximum atomic E-state index is 12.1. The molecule has 0 bridgehead atoms. The van der Waals surface area contributed by atoms with E-state index >= 15 is 0 Å². The van der Waals surface area contributed by atoms with Gasteiger partial charge < -0.3 is 15.5 Å². The third-order valence-electron chi connectivity index (χ3n) is 4.89. The van der Waals surface area contributed by atoms with Gasteiger partial charge in [0.05, 0.1) is 6.04 Å². The summed E-state index contributed by atoms with van der Waals surface area (Å²) in [6, 6.07) is 12.0. The molecule has 1 saturated heterocycles. The van der Waals surface area contributed by atoms with E-state index in [4.69, 9.17) is 0 Å². The molecular formula is C20H30IN5O2S2. The first-order valence-corrected chi connectivity index (χ1v) is 12.2. The summed E-state index contributed by atoms with van der Waals surface area (Å²) in [7, 11) is -1.73. The van der Waals surface area contributed by atoms with Crippen LogP contribution < -0.4 is 20.3 Å². The first-order chi connectivity index (χ1) is 14.0. The predicted molar refractivity (Wildman–Crippen MR) is 136 cm³/mol. The fourth-order valence-corrected chi connectivity index (χ4v) is 5.37. The SMILES string of the molecule is CN=C(NCCNS(=O)(=O)c1cccs1)NC(C)c1cccc(N2CCCC2)c1.I. The number of anilines is 1. The van der Waals surface area contributed by atoms with Crippen molar-refractivity contribution in [2.24, 2.45) is 4.99 Å². The second-order valence-corrected chi connectivity index (χ2v) is 9.93. The van der Waals surface area contributed by atoms with E-state index in [-0.39, 0.29) is 36.6 Å². The highest BCUT2D eigenvalue weighted by molar-refractivity contribution is 14.0. The average Bonchev–Trinajstić information content (AvgIpc) is 3.44. The van der Waals surface area contributed by atoms with E-state index in [1.807, 2.05) is 0 Å². The Morgan fingerprint density at radius 1 is 1.20 bits per heavy atom. The second-order valence-electron chi connectivity index (χ2n) is 6.98. The van der Waals surface area contributed by atoms with E-state index in [1.54, 1.807) is 24.6 Å². The lowest BCUT2D eigenvalue weighted by Crippen LogP contribution is -2.42. The molecule has 0 aliphatic carbocycles. The molecule has 2 heterocycles. The molecule has 30 heavy (non-hydrogen) atoms. The van der Waals surface area contributed by atoms with E-state index in [9.17, 15) is 8.42 Å². The van der Waals surface area contributed by atoms with Gasteiger partial charge in [-0.3, -0.25) is 4.99 Å². The molecule has 1 unspecified atom stereocenters. The van der Waals surface area contributed by atoms with E-state index < -0.39 is 10.0 Å². The largest absolute Gasteiger partial charge is 0.372 e. The highest BCUT2D eigenvalue weighted by Gasteiger charge is 2.16. The zero-order chi connectivity index (χ0) is 20.7. The zero-order valence-electron chi connectivity index (χ0n) is 17.3. The number of nitrogens with zero attached hydrogens (tertiary/aromatic N) is 2. The number of rotatable bonds is 8. The number of hydrogen-bond acceptors (Lipinski definition) is 5. The van der Waals surface area contributed by atoms with Crippen LogP contribution >= 0.6 is 35.3 Å². The number of halogens is 1. The lowest BCUT2D eigenvalue weighted by atomic mass is 10.1. The molecule has 1 aromatic heterocycles. The number of aliphatic imine (C=N–C) groups is 1. The van der Waals surface area contributed by atoms with Crippen molar-refractivity contribution in [3.8, 4) is 0 Å². The molecule has 3 N–H and O–H groups in total. The van der Waals surface area contributed by atoms with Gasteiger partial charge in [0.1, 0.15) is 4.21 Å². The lowest BCUT2D eigenvalue weighted by Gasteiger charge is -2.22. The Morgan fingerprint density at radius 3 is 2.63 bits per heavy atom. The van der Waals surface area contributed by atoms with Gasteiger partial charge in [0.15, 0.2) is 5.96 Å². The minimum Gasteiger partial charge on any atom is -0.372 e. The molecule has 0 saturated carbocycles. The maximum Gasteiger partial charge on any atom is 0.250 e. The van der Waals surface area contributed by atoms with Crippen molar-refractivity contribution in [1.82, 2.24) is 15.4 Å². The number of thiophene rings is 1. The molecule has 1 aliphatic heterocycles. The van der Waals surface area contributed by atoms with Crippen LogP contribution in [-0.4, -0.2) is 47.6 Å². The minimum atomic E-state index is -3.44. The summed E-state index contributed by atoms with van der Waals surface area (Å²) in [5, 5.41) is 8.28. The van der Waals surface area contributed by atoms with Crippen LogP contribution in [0.5, 0.6) is 0 Å². The Kier molecular flexibility index (Phi) is 9.85. The molecule has 7 nitrogen and oxygen atoms in total. The molecule has 1 aliphatic rings. The van der Waals surface area contributed by atoms with Gasteiger partial charge in [0.2, 0.25) is 10.0 Å². The van der Waals surface area contributed by atoms with E-state index in [1.165, 1.54) is 35.4 Å². The standard InChI is InChI=1S/C20H29N5O2S2.HI/c1-16(17-7-5-8-18(15-17)25-12-3-4-13-25)24-20(21-2)22-10-11-23-29(26,27)19-9-6-14-28-19;/h5-9,14-16,23H,3-4,10-13H2,1-2H3,(H2,21,22,24);1H. The number of hydrogen-bond donors (Lipinski definition) is 3. The number of benzene rings is 1. The normalized spacial score (nSPS) is 15.5. The summed E-state index contributed by atoms with van der Waals surface area (Å²) in [5.74, 6) is 0.638. The van der Waals surface area contributed by atoms with Gasteiger partial charge in [-0.05, 0) is 48.9 Å². The van der Waals surface area contributed by atoms with E-state index in [2.05, 4.69) is 56.4 Å². The molecular weight excluding hydrogens is 533 g/mol. The van der Waals surface area contributed by atoms with Crippen molar-refractivity contribution in [3.63, 3.8) is 0 Å². The Balaban J connectivity index is 0.00000320. The highest BCUT2D eigenvalue weighted by Crippen LogP contribution is 2.23. The molecule has 1 aromatic carbocycles. The molecule has 0 radical (unpaired) electrons. The van der Waals surface area contributed by atoms with Crippen LogP contribution in [0.15, 0.2) is 51.0 Å². The molecule has 166 valence electrons. The molecule has 1 atom stereocenters. The molecule has 2 aromatic rings. The monoisotopic (exact) mass is 563 g/mol. The van der Waals surface area contributed by atoms with Gasteiger partial charge in [-0.2, -0.15) is 0 Å². The van der Waals surface area contributed by atoms with Crippen LogP contribution in [0.2, 0.25) is 0 Å². The first kappa shape index (κ1) is 24.9. The Hall–Kier alpha value is -1.37. The molecule has 0 amide bonds. The third kappa shape index (κ3) is 6.82. The van der Waals surface area contributed by atoms with Crippen molar-refractivity contribution in [2.75, 3.05) is 38.1 Å². The van der Waals surface area contributed by atoms with Crippen LogP contribution in [-0.2, 0) is 10.0 Å². The van der Waals surface area contributed by atoms with Crippen molar-refractivity contribution >= 4 is 57.0 Å². The van der Waals surface area contributed by atoms with Gasteiger partial charge >= 0.3 is 0 Å². The lowest BCUT2D eigenvalue weighted by molar-refractivity contribution is 0.582. The summed E-state index contributed by atoms with van der Waals surface area (Å²) >= 11 is 1.20. The van der Waals surface area contributed by atoms with Crippen molar-refractivity contribution in [3.05, 3.63) is 47.3 Å². The number of sulfonamides is 1. The summed E-state index contributed by atoms with van der Waals surface area (Å²) < 4.78 is 27.2. The van der Waals surface area contributed by atoms with Crippen LogP contribution in [0.1, 0.15) is 31.4 Å². The van der Waals surface area contributed by atoms with Gasteiger partial charge in [0.25, 0.3) is 0 Å². The average molecular weight is 564 g/mol. The Bertz CT molecular complexity index is 913. The Morgan fingerprint density at radius 2 is 1.97 bits per heavy atom. The zero-order valence-corrected chi connectivity index (χ0v) is 21.3. The molecule has 3 rings (SSSR count). The van der Waals surface area contributed by atoms with Crippen molar-refractivity contribution in [1.29, 1.82) is 0 Å². The number of guanidine groups is 1. The molecule has 1 fully saturated rings. The summed E-state index contributed by atoms with van der Waals surface area (Å²) in [6.07, 6.45) is 2.51. The minimum absolute atomic E-state index is 0. The van der Waals surface area contributed by atoms with Gasteiger partial charge in [-0.1, -0.05) is 18.2 Å².